The maximum atomic E-state index is 11.0. The van der Waals surface area contributed by atoms with Crippen molar-refractivity contribution in [3.8, 4) is 0 Å². The average molecular weight is 270 g/mol. The van der Waals surface area contributed by atoms with E-state index in [1.54, 1.807) is 0 Å². The van der Waals surface area contributed by atoms with Gasteiger partial charge in [-0.2, -0.15) is 0 Å². The number of hydrogen-bond acceptors (Lipinski definition) is 3. The molecule has 1 rings (SSSR count). The van der Waals surface area contributed by atoms with Crippen LogP contribution in [0, 0.1) is 13.8 Å². The molecule has 102 valence electrons. The van der Waals surface area contributed by atoms with E-state index >= 15 is 0 Å². The smallest absolute Gasteiger partial charge is 0.208 e. The van der Waals surface area contributed by atoms with Crippen molar-refractivity contribution in [2.24, 2.45) is 0 Å². The molecule has 4 nitrogen and oxygen atoms in total. The molecule has 0 aliphatic rings. The summed E-state index contributed by atoms with van der Waals surface area (Å²) in [6, 6.07) is 6.31. The molecule has 1 aromatic rings. The van der Waals surface area contributed by atoms with Gasteiger partial charge in [-0.05, 0) is 44.0 Å². The molecule has 0 saturated heterocycles. The lowest BCUT2D eigenvalue weighted by Crippen LogP contribution is -2.34. The van der Waals surface area contributed by atoms with Crippen LogP contribution in [-0.4, -0.2) is 34.3 Å². The van der Waals surface area contributed by atoms with Crippen LogP contribution in [0.1, 0.15) is 18.1 Å². The van der Waals surface area contributed by atoms with Gasteiger partial charge in [0.15, 0.2) is 0 Å². The van der Waals surface area contributed by atoms with Crippen molar-refractivity contribution >= 4 is 15.7 Å². The van der Waals surface area contributed by atoms with E-state index < -0.39 is 10.0 Å². The number of rotatable bonds is 6. The predicted molar refractivity (Wildman–Crippen MR) is 76.6 cm³/mol. The van der Waals surface area contributed by atoms with Gasteiger partial charge in [-0.25, -0.2) is 13.1 Å². The molecule has 18 heavy (non-hydrogen) atoms. The number of anilines is 1. The lowest BCUT2D eigenvalue weighted by Gasteiger charge is -2.23. The van der Waals surface area contributed by atoms with Crippen LogP contribution in [0.2, 0.25) is 0 Å². The van der Waals surface area contributed by atoms with Crippen molar-refractivity contribution in [3.63, 3.8) is 0 Å². The van der Waals surface area contributed by atoms with Crippen LogP contribution < -0.4 is 9.62 Å². The molecule has 0 aromatic heterocycles. The number of nitrogens with one attached hydrogen (secondary N) is 1. The summed E-state index contributed by atoms with van der Waals surface area (Å²) in [5.41, 5.74) is 3.65. The molecule has 0 aliphatic carbocycles. The van der Waals surface area contributed by atoms with E-state index in [2.05, 4.69) is 48.6 Å². The highest BCUT2D eigenvalue weighted by molar-refractivity contribution is 7.88. The molecule has 1 N–H and O–H groups in total. The number of aryl methyl sites for hydroxylation is 2. The normalized spacial score (nSPS) is 11.6. The first-order valence-corrected chi connectivity index (χ1v) is 7.99. The van der Waals surface area contributed by atoms with E-state index in [9.17, 15) is 8.42 Å². The third-order valence-corrected chi connectivity index (χ3v) is 3.71. The van der Waals surface area contributed by atoms with Crippen molar-refractivity contribution in [3.05, 3.63) is 29.3 Å². The Kier molecular flexibility index (Phi) is 5.16. The summed E-state index contributed by atoms with van der Waals surface area (Å²) >= 11 is 0. The van der Waals surface area contributed by atoms with Gasteiger partial charge in [-0.1, -0.05) is 6.07 Å². The van der Waals surface area contributed by atoms with Crippen LogP contribution in [-0.2, 0) is 10.0 Å². The summed E-state index contributed by atoms with van der Waals surface area (Å²) in [5, 5.41) is 0. The molecule has 0 unspecified atom stereocenters. The Morgan fingerprint density at radius 3 is 2.39 bits per heavy atom. The second-order valence-corrected chi connectivity index (χ2v) is 6.35. The van der Waals surface area contributed by atoms with Gasteiger partial charge in [0.2, 0.25) is 10.0 Å². The molecule has 0 radical (unpaired) electrons. The summed E-state index contributed by atoms with van der Waals surface area (Å²) in [6.45, 7) is 8.19. The van der Waals surface area contributed by atoms with E-state index in [0.29, 0.717) is 13.1 Å². The first kappa shape index (κ1) is 15.0. The second-order valence-electron chi connectivity index (χ2n) is 4.51. The Morgan fingerprint density at radius 1 is 1.22 bits per heavy atom. The van der Waals surface area contributed by atoms with Gasteiger partial charge in [0.05, 0.1) is 6.26 Å². The fourth-order valence-electron chi connectivity index (χ4n) is 1.76. The monoisotopic (exact) mass is 270 g/mol. The van der Waals surface area contributed by atoms with Crippen LogP contribution in [0.5, 0.6) is 0 Å². The molecule has 0 heterocycles. The number of likely N-dealkylation sites (N-methyl/N-ethyl adjacent to an activating group) is 1. The number of hydrogen-bond donors (Lipinski definition) is 1. The lowest BCUT2D eigenvalue weighted by atomic mass is 10.1. The summed E-state index contributed by atoms with van der Waals surface area (Å²) < 4.78 is 24.5. The highest BCUT2D eigenvalue weighted by Gasteiger charge is 2.06. The molecule has 0 aliphatic heterocycles. The van der Waals surface area contributed by atoms with Gasteiger partial charge in [-0.15, -0.1) is 0 Å². The minimum Gasteiger partial charge on any atom is -0.370 e. The highest BCUT2D eigenvalue weighted by Crippen LogP contribution is 2.18. The van der Waals surface area contributed by atoms with Gasteiger partial charge in [-0.3, -0.25) is 0 Å². The average Bonchev–Trinajstić information content (AvgIpc) is 2.27. The zero-order valence-electron chi connectivity index (χ0n) is 11.5. The molecule has 0 bridgehead atoms. The van der Waals surface area contributed by atoms with Gasteiger partial charge < -0.3 is 4.90 Å². The number of sulfonamides is 1. The predicted octanol–water partition coefficient (Wildman–Crippen LogP) is 1.68. The number of benzene rings is 1. The maximum Gasteiger partial charge on any atom is 0.208 e. The summed E-state index contributed by atoms with van der Waals surface area (Å²) in [4.78, 5) is 2.16. The Bertz CT molecular complexity index is 498. The first-order valence-electron chi connectivity index (χ1n) is 6.10. The number of nitrogens with zero attached hydrogens (tertiary/aromatic N) is 1. The van der Waals surface area contributed by atoms with Crippen molar-refractivity contribution in [2.75, 3.05) is 30.8 Å². The van der Waals surface area contributed by atoms with Gasteiger partial charge >= 0.3 is 0 Å². The Balaban J connectivity index is 2.68. The molecule has 0 saturated carbocycles. The lowest BCUT2D eigenvalue weighted by molar-refractivity contribution is 0.587. The van der Waals surface area contributed by atoms with E-state index in [4.69, 9.17) is 0 Å². The van der Waals surface area contributed by atoms with Gasteiger partial charge in [0.25, 0.3) is 0 Å². The van der Waals surface area contributed by atoms with E-state index in [-0.39, 0.29) is 0 Å². The van der Waals surface area contributed by atoms with Crippen molar-refractivity contribution in [2.45, 2.75) is 20.8 Å². The minimum absolute atomic E-state index is 0.430. The molecule has 0 atom stereocenters. The molecular formula is C13H22N2O2S. The topological polar surface area (TPSA) is 49.4 Å². The molecule has 5 heteroatoms. The van der Waals surface area contributed by atoms with E-state index in [1.807, 2.05) is 0 Å². The van der Waals surface area contributed by atoms with E-state index in [1.165, 1.54) is 17.4 Å². The SMILES string of the molecule is CCN(CCNS(C)(=O)=O)c1ccc(C)c(C)c1. The Hall–Kier alpha value is -1.07. The van der Waals surface area contributed by atoms with Crippen LogP contribution in [0.15, 0.2) is 18.2 Å². The second kappa shape index (κ2) is 6.20. The minimum atomic E-state index is -3.10. The van der Waals surface area contributed by atoms with Crippen LogP contribution in [0.3, 0.4) is 0 Å². The zero-order valence-corrected chi connectivity index (χ0v) is 12.3. The van der Waals surface area contributed by atoms with Crippen molar-refractivity contribution in [1.82, 2.24) is 4.72 Å². The third-order valence-electron chi connectivity index (χ3n) is 2.98. The molecule has 1 aromatic carbocycles. The fraction of sp³-hybridized carbons (Fsp3) is 0.538. The Morgan fingerprint density at radius 2 is 1.89 bits per heavy atom. The van der Waals surface area contributed by atoms with Crippen LogP contribution in [0.25, 0.3) is 0 Å². The van der Waals surface area contributed by atoms with Crippen LogP contribution in [0.4, 0.5) is 5.69 Å². The first-order chi connectivity index (χ1) is 8.33. The maximum absolute atomic E-state index is 11.0. The summed E-state index contributed by atoms with van der Waals surface area (Å²) in [5.74, 6) is 0. The summed E-state index contributed by atoms with van der Waals surface area (Å²) in [7, 11) is -3.10. The fourth-order valence-corrected chi connectivity index (χ4v) is 2.22. The molecule has 0 spiro atoms. The largest absolute Gasteiger partial charge is 0.370 e. The Labute approximate surface area is 110 Å². The quantitative estimate of drug-likeness (QED) is 0.855. The van der Waals surface area contributed by atoms with Gasteiger partial charge in [0, 0.05) is 25.3 Å². The standard InChI is InChI=1S/C13H22N2O2S/c1-5-15(9-8-14-18(4,16)17)13-7-6-11(2)12(3)10-13/h6-7,10,14H,5,8-9H2,1-4H3. The summed E-state index contributed by atoms with van der Waals surface area (Å²) in [6.07, 6.45) is 1.18. The molecular weight excluding hydrogens is 248 g/mol. The van der Waals surface area contributed by atoms with E-state index in [0.717, 1.165) is 12.2 Å². The third kappa shape index (κ3) is 4.66. The van der Waals surface area contributed by atoms with Crippen molar-refractivity contribution in [1.29, 1.82) is 0 Å². The molecule has 0 amide bonds. The van der Waals surface area contributed by atoms with Crippen molar-refractivity contribution < 1.29 is 8.42 Å². The molecule has 0 fully saturated rings. The zero-order chi connectivity index (χ0) is 13.8. The van der Waals surface area contributed by atoms with Crippen LogP contribution >= 0.6 is 0 Å². The highest BCUT2D eigenvalue weighted by atomic mass is 32.2. The van der Waals surface area contributed by atoms with Gasteiger partial charge in [0.1, 0.15) is 0 Å².